The molecule has 1 amide bonds. The van der Waals surface area contributed by atoms with Crippen LogP contribution in [0.3, 0.4) is 0 Å². The van der Waals surface area contributed by atoms with Crippen LogP contribution in [0, 0.1) is 5.92 Å². The van der Waals surface area contributed by atoms with Gasteiger partial charge in [-0.25, -0.2) is 0 Å². The van der Waals surface area contributed by atoms with Crippen molar-refractivity contribution in [3.05, 3.63) is 34.9 Å². The highest BCUT2D eigenvalue weighted by molar-refractivity contribution is 6.30. The van der Waals surface area contributed by atoms with Crippen molar-refractivity contribution in [3.8, 4) is 0 Å². The number of hydrogen-bond donors (Lipinski definition) is 2. The Kier molecular flexibility index (Phi) is 5.44. The second-order valence-corrected chi connectivity index (χ2v) is 6.26. The highest BCUT2D eigenvalue weighted by Crippen LogP contribution is 2.17. The van der Waals surface area contributed by atoms with E-state index in [0.717, 1.165) is 36.4 Å². The normalized spacial score (nSPS) is 24.1. The second-order valence-electron chi connectivity index (χ2n) is 5.82. The maximum Gasteiger partial charge on any atom is 0.223 e. The van der Waals surface area contributed by atoms with Crippen molar-refractivity contribution in [1.82, 2.24) is 10.6 Å². The molecule has 1 aromatic rings. The molecule has 1 fully saturated rings. The minimum atomic E-state index is 0.131. The topological polar surface area (TPSA) is 41.1 Å². The highest BCUT2D eigenvalue weighted by Gasteiger charge is 2.25. The number of benzene rings is 1. The molecule has 1 aliphatic heterocycles. The van der Waals surface area contributed by atoms with E-state index in [1.54, 1.807) is 0 Å². The molecule has 2 N–H and O–H groups in total. The van der Waals surface area contributed by atoms with Gasteiger partial charge in [0.05, 0.1) is 0 Å². The van der Waals surface area contributed by atoms with Gasteiger partial charge in [-0.15, -0.1) is 0 Å². The Balaban J connectivity index is 1.84. The monoisotopic (exact) mass is 294 g/mol. The molecule has 2 rings (SSSR count). The van der Waals surface area contributed by atoms with E-state index in [-0.39, 0.29) is 17.9 Å². The average molecular weight is 295 g/mol. The molecule has 0 radical (unpaired) electrons. The van der Waals surface area contributed by atoms with Gasteiger partial charge in [0, 0.05) is 23.0 Å². The third-order valence-corrected chi connectivity index (χ3v) is 4.05. The van der Waals surface area contributed by atoms with Crippen LogP contribution in [0.4, 0.5) is 0 Å². The quantitative estimate of drug-likeness (QED) is 0.896. The van der Waals surface area contributed by atoms with Crippen LogP contribution >= 0.6 is 11.6 Å². The van der Waals surface area contributed by atoms with E-state index >= 15 is 0 Å². The van der Waals surface area contributed by atoms with E-state index < -0.39 is 0 Å². The molecule has 110 valence electrons. The van der Waals surface area contributed by atoms with E-state index in [1.165, 1.54) is 0 Å². The van der Waals surface area contributed by atoms with E-state index in [1.807, 2.05) is 31.2 Å². The van der Waals surface area contributed by atoms with Crippen molar-refractivity contribution in [3.63, 3.8) is 0 Å². The van der Waals surface area contributed by atoms with Crippen LogP contribution in [-0.4, -0.2) is 24.5 Å². The molecule has 3 unspecified atom stereocenters. The molecular weight excluding hydrogens is 272 g/mol. The van der Waals surface area contributed by atoms with Gasteiger partial charge in [-0.05, 0) is 57.4 Å². The Morgan fingerprint density at radius 3 is 3.05 bits per heavy atom. The van der Waals surface area contributed by atoms with Crippen LogP contribution in [0.15, 0.2) is 24.3 Å². The number of rotatable bonds is 4. The van der Waals surface area contributed by atoms with Crippen molar-refractivity contribution in [2.24, 2.45) is 5.92 Å². The fourth-order valence-electron chi connectivity index (χ4n) is 2.80. The zero-order valence-electron chi connectivity index (χ0n) is 12.2. The molecule has 1 saturated heterocycles. The fraction of sp³-hybridized carbons (Fsp3) is 0.562. The number of amides is 1. The van der Waals surface area contributed by atoms with E-state index in [0.29, 0.717) is 6.04 Å². The number of piperidine rings is 1. The first-order chi connectivity index (χ1) is 9.54. The molecule has 1 heterocycles. The summed E-state index contributed by atoms with van der Waals surface area (Å²) in [4.78, 5) is 12.2. The minimum absolute atomic E-state index is 0.131. The summed E-state index contributed by atoms with van der Waals surface area (Å²) in [6, 6.07) is 8.37. The second kappa shape index (κ2) is 7.09. The van der Waals surface area contributed by atoms with Crippen LogP contribution < -0.4 is 10.6 Å². The molecule has 1 aromatic carbocycles. The van der Waals surface area contributed by atoms with Crippen LogP contribution in [0.1, 0.15) is 32.3 Å². The van der Waals surface area contributed by atoms with Gasteiger partial charge < -0.3 is 10.6 Å². The van der Waals surface area contributed by atoms with Gasteiger partial charge in [-0.1, -0.05) is 23.7 Å². The third-order valence-electron chi connectivity index (χ3n) is 3.81. The lowest BCUT2D eigenvalue weighted by Crippen LogP contribution is -2.45. The molecule has 1 aliphatic rings. The number of halogens is 1. The van der Waals surface area contributed by atoms with Crippen molar-refractivity contribution in [2.45, 2.75) is 45.2 Å². The van der Waals surface area contributed by atoms with Crippen LogP contribution in [-0.2, 0) is 11.2 Å². The summed E-state index contributed by atoms with van der Waals surface area (Å²) in [5.74, 6) is 0.334. The van der Waals surface area contributed by atoms with Gasteiger partial charge >= 0.3 is 0 Å². The summed E-state index contributed by atoms with van der Waals surface area (Å²) in [6.07, 6.45) is 2.67. The molecule has 0 saturated carbocycles. The summed E-state index contributed by atoms with van der Waals surface area (Å²) in [5, 5.41) is 7.24. The molecule has 4 heteroatoms. The summed E-state index contributed by atoms with van der Waals surface area (Å²) < 4.78 is 0. The van der Waals surface area contributed by atoms with Crippen molar-refractivity contribution in [1.29, 1.82) is 0 Å². The summed E-state index contributed by atoms with van der Waals surface area (Å²) in [5.41, 5.74) is 1.16. The van der Waals surface area contributed by atoms with Crippen molar-refractivity contribution in [2.75, 3.05) is 6.54 Å². The smallest absolute Gasteiger partial charge is 0.223 e. The van der Waals surface area contributed by atoms with Gasteiger partial charge in [-0.3, -0.25) is 4.79 Å². The first-order valence-corrected chi connectivity index (χ1v) is 7.70. The van der Waals surface area contributed by atoms with Crippen LogP contribution in [0.25, 0.3) is 0 Å². The number of carbonyl (C=O) groups excluding carboxylic acids is 1. The van der Waals surface area contributed by atoms with Gasteiger partial charge in [0.25, 0.3) is 0 Å². The molecule has 0 aliphatic carbocycles. The zero-order valence-corrected chi connectivity index (χ0v) is 12.9. The third kappa shape index (κ3) is 4.50. The Hall–Kier alpha value is -1.06. The first-order valence-electron chi connectivity index (χ1n) is 7.33. The van der Waals surface area contributed by atoms with E-state index in [9.17, 15) is 4.79 Å². The Labute approximate surface area is 126 Å². The number of nitrogens with one attached hydrogen (secondary N) is 2. The SMILES string of the molecule is CC1CC(C(=O)NC(C)Cc2cccc(Cl)c2)CCN1. The van der Waals surface area contributed by atoms with Crippen molar-refractivity contribution < 1.29 is 4.79 Å². The maximum absolute atomic E-state index is 12.2. The molecular formula is C16H23ClN2O. The lowest BCUT2D eigenvalue weighted by Gasteiger charge is -2.28. The Bertz CT molecular complexity index is 464. The van der Waals surface area contributed by atoms with Crippen LogP contribution in [0.2, 0.25) is 5.02 Å². The van der Waals surface area contributed by atoms with E-state index in [4.69, 9.17) is 11.6 Å². The van der Waals surface area contributed by atoms with Gasteiger partial charge in [0.1, 0.15) is 0 Å². The predicted molar refractivity (Wildman–Crippen MR) is 82.9 cm³/mol. The van der Waals surface area contributed by atoms with Gasteiger partial charge in [-0.2, -0.15) is 0 Å². The lowest BCUT2D eigenvalue weighted by atomic mass is 9.92. The summed E-state index contributed by atoms with van der Waals surface area (Å²) in [7, 11) is 0. The van der Waals surface area contributed by atoms with Crippen molar-refractivity contribution >= 4 is 17.5 Å². The fourth-order valence-corrected chi connectivity index (χ4v) is 3.01. The van der Waals surface area contributed by atoms with Gasteiger partial charge in [0.15, 0.2) is 0 Å². The highest BCUT2D eigenvalue weighted by atomic mass is 35.5. The average Bonchev–Trinajstić information content (AvgIpc) is 2.38. The standard InChI is InChI=1S/C16H23ClN2O/c1-11-9-14(6-7-18-11)16(20)19-12(2)8-13-4-3-5-15(17)10-13/h3-5,10-12,14,18H,6-9H2,1-2H3,(H,19,20). The first kappa shape index (κ1) is 15.3. The molecule has 0 spiro atoms. The Morgan fingerprint density at radius 2 is 2.35 bits per heavy atom. The lowest BCUT2D eigenvalue weighted by molar-refractivity contribution is -0.126. The molecule has 20 heavy (non-hydrogen) atoms. The van der Waals surface area contributed by atoms with E-state index in [2.05, 4.69) is 17.6 Å². The van der Waals surface area contributed by atoms with Gasteiger partial charge in [0.2, 0.25) is 5.91 Å². The largest absolute Gasteiger partial charge is 0.353 e. The molecule has 3 nitrogen and oxygen atoms in total. The summed E-state index contributed by atoms with van der Waals surface area (Å²) in [6.45, 7) is 5.11. The summed E-state index contributed by atoms with van der Waals surface area (Å²) >= 11 is 5.98. The molecule has 0 bridgehead atoms. The van der Waals surface area contributed by atoms with Crippen LogP contribution in [0.5, 0.6) is 0 Å². The molecule has 0 aromatic heterocycles. The number of carbonyl (C=O) groups is 1. The number of hydrogen-bond acceptors (Lipinski definition) is 2. The maximum atomic E-state index is 12.2. The predicted octanol–water partition coefficient (Wildman–Crippen LogP) is 2.78. The Morgan fingerprint density at radius 1 is 1.55 bits per heavy atom. The zero-order chi connectivity index (χ0) is 14.5. The molecule has 3 atom stereocenters. The minimum Gasteiger partial charge on any atom is -0.353 e.